The van der Waals surface area contributed by atoms with Crippen LogP contribution < -0.4 is 5.32 Å². The van der Waals surface area contributed by atoms with Crippen LogP contribution in [0.15, 0.2) is 12.7 Å². The summed E-state index contributed by atoms with van der Waals surface area (Å²) in [5.74, 6) is 0. The second-order valence-corrected chi connectivity index (χ2v) is 5.57. The summed E-state index contributed by atoms with van der Waals surface area (Å²) in [6, 6.07) is 0. The number of aryl methyl sites for hydroxylation is 2. The molecule has 0 radical (unpaired) electrons. The van der Waals surface area contributed by atoms with E-state index in [1.165, 1.54) is 0 Å². The van der Waals surface area contributed by atoms with Crippen LogP contribution in [0.2, 0.25) is 5.02 Å². The van der Waals surface area contributed by atoms with Crippen molar-refractivity contribution in [2.75, 3.05) is 13.1 Å². The molecule has 0 aromatic carbocycles. The fourth-order valence-electron chi connectivity index (χ4n) is 2.19. The van der Waals surface area contributed by atoms with E-state index < -0.39 is 0 Å². The molecule has 1 aromatic rings. The Bertz CT molecular complexity index is 425. The second-order valence-electron chi connectivity index (χ2n) is 5.19. The Kier molecular flexibility index (Phi) is 6.08. The van der Waals surface area contributed by atoms with Crippen molar-refractivity contribution in [1.82, 2.24) is 15.1 Å². The van der Waals surface area contributed by atoms with Crippen LogP contribution in [0.4, 0.5) is 0 Å². The zero-order chi connectivity index (χ0) is 14.5. The van der Waals surface area contributed by atoms with Crippen LogP contribution in [0, 0.1) is 5.41 Å². The van der Waals surface area contributed by atoms with Gasteiger partial charge in [-0.1, -0.05) is 38.4 Å². The Hall–Kier alpha value is -0.800. The third kappa shape index (κ3) is 3.83. The SMILES string of the molecule is C=CC(C)(CNCC)Cc1c(Cl)c(CC)nn1CC. The quantitative estimate of drug-likeness (QED) is 0.741. The maximum Gasteiger partial charge on any atom is 0.0850 e. The molecule has 0 aliphatic rings. The molecule has 1 N–H and O–H groups in total. The molecular weight excluding hydrogens is 258 g/mol. The van der Waals surface area contributed by atoms with Gasteiger partial charge in [0.15, 0.2) is 0 Å². The van der Waals surface area contributed by atoms with Crippen LogP contribution in [0.3, 0.4) is 0 Å². The fourth-order valence-corrected chi connectivity index (χ4v) is 2.52. The molecular formula is C15H26ClN3. The molecule has 4 heteroatoms. The average Bonchev–Trinajstić information content (AvgIpc) is 2.73. The number of rotatable bonds is 8. The highest BCUT2D eigenvalue weighted by Gasteiger charge is 2.25. The fraction of sp³-hybridized carbons (Fsp3) is 0.667. The van der Waals surface area contributed by atoms with Crippen LogP contribution in [0.1, 0.15) is 39.1 Å². The van der Waals surface area contributed by atoms with E-state index >= 15 is 0 Å². The molecule has 0 bridgehead atoms. The normalized spacial score (nSPS) is 14.4. The zero-order valence-corrected chi connectivity index (χ0v) is 13.3. The molecule has 0 saturated carbocycles. The van der Waals surface area contributed by atoms with Crippen molar-refractivity contribution >= 4 is 11.6 Å². The average molecular weight is 284 g/mol. The molecule has 108 valence electrons. The van der Waals surface area contributed by atoms with E-state index in [4.69, 9.17) is 11.6 Å². The minimum absolute atomic E-state index is 0.00237. The summed E-state index contributed by atoms with van der Waals surface area (Å²) in [6.45, 7) is 15.2. The van der Waals surface area contributed by atoms with Gasteiger partial charge in [0.05, 0.1) is 16.4 Å². The highest BCUT2D eigenvalue weighted by Crippen LogP contribution is 2.30. The summed E-state index contributed by atoms with van der Waals surface area (Å²) in [7, 11) is 0. The first-order valence-electron chi connectivity index (χ1n) is 7.09. The summed E-state index contributed by atoms with van der Waals surface area (Å²) in [5, 5.41) is 8.80. The van der Waals surface area contributed by atoms with E-state index in [0.717, 1.165) is 48.9 Å². The van der Waals surface area contributed by atoms with E-state index in [1.807, 2.05) is 10.8 Å². The van der Waals surface area contributed by atoms with Gasteiger partial charge in [-0.2, -0.15) is 5.10 Å². The minimum atomic E-state index is -0.00237. The molecule has 0 aliphatic carbocycles. The lowest BCUT2D eigenvalue weighted by Crippen LogP contribution is -2.32. The molecule has 3 nitrogen and oxygen atoms in total. The van der Waals surface area contributed by atoms with Crippen LogP contribution in [0.25, 0.3) is 0 Å². The highest BCUT2D eigenvalue weighted by molar-refractivity contribution is 6.31. The van der Waals surface area contributed by atoms with Crippen LogP contribution in [-0.4, -0.2) is 22.9 Å². The lowest BCUT2D eigenvalue weighted by molar-refractivity contribution is 0.382. The first-order chi connectivity index (χ1) is 9.01. The molecule has 0 saturated heterocycles. The van der Waals surface area contributed by atoms with Gasteiger partial charge in [-0.05, 0) is 19.9 Å². The summed E-state index contributed by atoms with van der Waals surface area (Å²) < 4.78 is 2.02. The van der Waals surface area contributed by atoms with Gasteiger partial charge in [0.2, 0.25) is 0 Å². The Morgan fingerprint density at radius 2 is 2.11 bits per heavy atom. The predicted octanol–water partition coefficient (Wildman–Crippen LogP) is 3.46. The lowest BCUT2D eigenvalue weighted by Gasteiger charge is -2.26. The Morgan fingerprint density at radius 3 is 2.58 bits per heavy atom. The molecule has 0 amide bonds. The van der Waals surface area contributed by atoms with Gasteiger partial charge in [-0.25, -0.2) is 0 Å². The summed E-state index contributed by atoms with van der Waals surface area (Å²) in [5.41, 5.74) is 2.12. The van der Waals surface area contributed by atoms with Gasteiger partial charge in [0.1, 0.15) is 0 Å². The van der Waals surface area contributed by atoms with E-state index in [2.05, 4.69) is 44.7 Å². The highest BCUT2D eigenvalue weighted by atomic mass is 35.5. The third-order valence-electron chi connectivity index (χ3n) is 3.54. The van der Waals surface area contributed by atoms with Gasteiger partial charge in [-0.15, -0.1) is 6.58 Å². The maximum atomic E-state index is 6.47. The smallest absolute Gasteiger partial charge is 0.0850 e. The molecule has 19 heavy (non-hydrogen) atoms. The monoisotopic (exact) mass is 283 g/mol. The topological polar surface area (TPSA) is 29.9 Å². The lowest BCUT2D eigenvalue weighted by atomic mass is 9.85. The van der Waals surface area contributed by atoms with Crippen LogP contribution in [0.5, 0.6) is 0 Å². The number of nitrogens with zero attached hydrogens (tertiary/aromatic N) is 2. The minimum Gasteiger partial charge on any atom is -0.316 e. The third-order valence-corrected chi connectivity index (χ3v) is 3.97. The van der Waals surface area contributed by atoms with Crippen molar-refractivity contribution in [1.29, 1.82) is 0 Å². The van der Waals surface area contributed by atoms with Crippen molar-refractivity contribution in [2.24, 2.45) is 5.41 Å². The number of aromatic nitrogens is 2. The van der Waals surface area contributed by atoms with Crippen LogP contribution in [-0.2, 0) is 19.4 Å². The molecule has 0 fully saturated rings. The first-order valence-corrected chi connectivity index (χ1v) is 7.47. The summed E-state index contributed by atoms with van der Waals surface area (Å²) in [4.78, 5) is 0. The van der Waals surface area contributed by atoms with E-state index in [9.17, 15) is 0 Å². The molecule has 0 aliphatic heterocycles. The standard InChI is InChI=1S/C15H26ClN3/c1-6-12-14(16)13(19(9-4)18-12)10-15(5,7-2)11-17-8-3/h7,17H,2,6,8-11H2,1,3-5H3. The largest absolute Gasteiger partial charge is 0.316 e. The van der Waals surface area contributed by atoms with Crippen molar-refractivity contribution in [3.63, 3.8) is 0 Å². The van der Waals surface area contributed by atoms with Crippen molar-refractivity contribution in [3.05, 3.63) is 29.1 Å². The van der Waals surface area contributed by atoms with Crippen LogP contribution >= 0.6 is 11.6 Å². The van der Waals surface area contributed by atoms with E-state index in [1.54, 1.807) is 0 Å². The number of halogens is 1. The van der Waals surface area contributed by atoms with Gasteiger partial charge in [-0.3, -0.25) is 4.68 Å². The van der Waals surface area contributed by atoms with Crippen molar-refractivity contribution < 1.29 is 0 Å². The van der Waals surface area contributed by atoms with Gasteiger partial charge < -0.3 is 5.32 Å². The zero-order valence-electron chi connectivity index (χ0n) is 12.6. The summed E-state index contributed by atoms with van der Waals surface area (Å²) in [6.07, 6.45) is 3.75. The Balaban J connectivity index is 3.02. The van der Waals surface area contributed by atoms with E-state index in [0.29, 0.717) is 0 Å². The Morgan fingerprint density at radius 1 is 1.42 bits per heavy atom. The summed E-state index contributed by atoms with van der Waals surface area (Å²) >= 11 is 6.47. The van der Waals surface area contributed by atoms with E-state index in [-0.39, 0.29) is 5.41 Å². The predicted molar refractivity (Wildman–Crippen MR) is 82.8 cm³/mol. The number of nitrogens with one attached hydrogen (secondary N) is 1. The van der Waals surface area contributed by atoms with Crippen molar-refractivity contribution in [2.45, 2.75) is 47.1 Å². The molecule has 1 unspecified atom stereocenters. The molecule has 1 atom stereocenters. The molecule has 1 heterocycles. The van der Waals surface area contributed by atoms with Gasteiger partial charge in [0.25, 0.3) is 0 Å². The van der Waals surface area contributed by atoms with Crippen molar-refractivity contribution in [3.8, 4) is 0 Å². The number of hydrogen-bond acceptors (Lipinski definition) is 2. The molecule has 0 spiro atoms. The Labute approximate surface area is 122 Å². The van der Waals surface area contributed by atoms with Gasteiger partial charge >= 0.3 is 0 Å². The number of hydrogen-bond donors (Lipinski definition) is 1. The van der Waals surface area contributed by atoms with Gasteiger partial charge in [0, 0.05) is 24.9 Å². The molecule has 1 aromatic heterocycles. The second kappa shape index (κ2) is 7.11. The maximum absolute atomic E-state index is 6.47. The first kappa shape index (κ1) is 16.3. The molecule has 1 rings (SSSR count).